The van der Waals surface area contributed by atoms with Crippen molar-refractivity contribution < 1.29 is 23.5 Å². The Bertz CT molecular complexity index is 1680. The summed E-state index contributed by atoms with van der Waals surface area (Å²) in [6.07, 6.45) is 2.34. The molecule has 2 saturated heterocycles. The number of hydrogen-bond donors (Lipinski definition) is 2. The summed E-state index contributed by atoms with van der Waals surface area (Å²) in [6.45, 7) is 11.5. The van der Waals surface area contributed by atoms with E-state index < -0.39 is 28.8 Å². The third-order valence-corrected chi connectivity index (χ3v) is 8.51. The summed E-state index contributed by atoms with van der Waals surface area (Å²) in [7, 11) is 2.11. The summed E-state index contributed by atoms with van der Waals surface area (Å²) in [5.74, 6) is -0.446. The molecule has 11 nitrogen and oxygen atoms in total. The number of para-hydroxylation sites is 2. The number of aromatic nitrogens is 1. The van der Waals surface area contributed by atoms with Crippen molar-refractivity contribution in [3.05, 3.63) is 58.1 Å². The molecule has 45 heavy (non-hydrogen) atoms. The predicted octanol–water partition coefficient (Wildman–Crippen LogP) is 3.71. The standard InChI is InChI=1S/C33H41FN6O5/c1-33(2,3)45-32(43)36-21-10-13-39(19-21)28-24(34)18-22-27-30(28)44-26-9-6-5-8-25(26)40(27)20-23(29(22)41)31(42)35-11-7-12-38-16-14-37(4)15-17-38/h5-6,8-9,18,20-21H,7,10-17,19H2,1-4H3,(H,35,42)(H,36,43). The lowest BCUT2D eigenvalue weighted by molar-refractivity contribution is 0.0508. The number of alkyl carbamates (subject to hydrolysis) is 1. The number of anilines is 1. The van der Waals surface area contributed by atoms with Crippen LogP contribution >= 0.6 is 0 Å². The number of fused-ring (bicyclic) bond motifs is 2. The number of piperazine rings is 1. The van der Waals surface area contributed by atoms with E-state index in [1.54, 1.807) is 31.4 Å². The summed E-state index contributed by atoms with van der Waals surface area (Å²) in [6, 6.07) is 8.19. The molecule has 1 atom stereocenters. The second-order valence-corrected chi connectivity index (χ2v) is 13.1. The Kier molecular flexibility index (Phi) is 8.45. The van der Waals surface area contributed by atoms with E-state index in [2.05, 4.69) is 27.5 Å². The molecule has 4 heterocycles. The highest BCUT2D eigenvalue weighted by Gasteiger charge is 2.34. The van der Waals surface area contributed by atoms with Crippen LogP contribution in [0.3, 0.4) is 0 Å². The number of nitrogens with one attached hydrogen (secondary N) is 2. The zero-order chi connectivity index (χ0) is 31.9. The van der Waals surface area contributed by atoms with Crippen molar-refractivity contribution in [1.29, 1.82) is 0 Å². The maximum absolute atomic E-state index is 16.0. The molecule has 240 valence electrons. The minimum atomic E-state index is -0.637. The molecule has 12 heteroatoms. The van der Waals surface area contributed by atoms with Gasteiger partial charge in [-0.2, -0.15) is 0 Å². The van der Waals surface area contributed by atoms with E-state index in [0.29, 0.717) is 43.0 Å². The number of nitrogens with zero attached hydrogens (tertiary/aromatic N) is 4. The number of halogens is 1. The number of pyridine rings is 1. The Balaban J connectivity index is 1.28. The lowest BCUT2D eigenvalue weighted by atomic mass is 10.1. The van der Waals surface area contributed by atoms with Gasteiger partial charge in [0, 0.05) is 52.0 Å². The van der Waals surface area contributed by atoms with Crippen molar-refractivity contribution in [1.82, 2.24) is 25.0 Å². The van der Waals surface area contributed by atoms with Crippen molar-refractivity contribution in [2.24, 2.45) is 0 Å². The Morgan fingerprint density at radius 2 is 1.87 bits per heavy atom. The van der Waals surface area contributed by atoms with Gasteiger partial charge >= 0.3 is 6.09 Å². The quantitative estimate of drug-likeness (QED) is 0.301. The minimum absolute atomic E-state index is 0.0558. The first-order valence-corrected chi connectivity index (χ1v) is 15.6. The van der Waals surface area contributed by atoms with E-state index in [9.17, 15) is 14.4 Å². The topological polar surface area (TPSA) is 108 Å². The maximum atomic E-state index is 16.0. The van der Waals surface area contributed by atoms with E-state index in [1.165, 1.54) is 12.3 Å². The summed E-state index contributed by atoms with van der Waals surface area (Å²) in [5.41, 5.74) is -0.00640. The smallest absolute Gasteiger partial charge is 0.407 e. The van der Waals surface area contributed by atoms with Crippen LogP contribution in [-0.2, 0) is 4.74 Å². The lowest BCUT2D eigenvalue weighted by Crippen LogP contribution is -2.45. The minimum Gasteiger partial charge on any atom is -0.451 e. The Labute approximate surface area is 261 Å². The van der Waals surface area contributed by atoms with E-state index in [1.807, 2.05) is 23.1 Å². The number of ether oxygens (including phenoxy) is 2. The Hall–Kier alpha value is -4.16. The molecule has 0 saturated carbocycles. The molecule has 1 unspecified atom stereocenters. The zero-order valence-corrected chi connectivity index (χ0v) is 26.3. The van der Waals surface area contributed by atoms with E-state index >= 15 is 4.39 Å². The molecular formula is C33H41FN6O5. The normalized spacial score (nSPS) is 18.4. The van der Waals surface area contributed by atoms with Crippen LogP contribution in [-0.4, -0.2) is 97.4 Å². The molecule has 3 aromatic rings. The summed E-state index contributed by atoms with van der Waals surface area (Å²) < 4.78 is 29.5. The van der Waals surface area contributed by atoms with Gasteiger partial charge in [0.1, 0.15) is 22.4 Å². The van der Waals surface area contributed by atoms with Gasteiger partial charge in [0.2, 0.25) is 5.43 Å². The number of benzene rings is 2. The number of carbonyl (C=O) groups is 2. The second kappa shape index (κ2) is 12.3. The number of likely N-dealkylation sites (N-methyl/N-ethyl adjacent to an activating group) is 1. The molecule has 0 bridgehead atoms. The van der Waals surface area contributed by atoms with E-state index in [0.717, 1.165) is 39.1 Å². The zero-order valence-electron chi connectivity index (χ0n) is 26.3. The Morgan fingerprint density at radius 3 is 2.62 bits per heavy atom. The van der Waals surface area contributed by atoms with Gasteiger partial charge < -0.3 is 39.4 Å². The SMILES string of the molecule is CN1CCN(CCCNC(=O)c2cn3c4c(c(N5CCC(NC(=O)OC(C)(C)C)C5)c(F)cc4c2=O)Oc2ccccc2-3)CC1. The van der Waals surface area contributed by atoms with E-state index in [-0.39, 0.29) is 28.4 Å². The van der Waals surface area contributed by atoms with E-state index in [4.69, 9.17) is 9.47 Å². The second-order valence-electron chi connectivity index (χ2n) is 13.1. The number of rotatable bonds is 7. The first-order chi connectivity index (χ1) is 21.5. The van der Waals surface area contributed by atoms with Crippen LogP contribution in [0.4, 0.5) is 14.9 Å². The van der Waals surface area contributed by atoms with Crippen molar-refractivity contribution in [2.45, 2.75) is 45.3 Å². The number of carbonyl (C=O) groups excluding carboxylic acids is 2. The van der Waals surface area contributed by atoms with Crippen LogP contribution in [0.5, 0.6) is 11.5 Å². The first kappa shape index (κ1) is 30.8. The molecule has 3 aliphatic rings. The largest absolute Gasteiger partial charge is 0.451 e. The van der Waals surface area contributed by atoms with Gasteiger partial charge in [-0.3, -0.25) is 9.59 Å². The van der Waals surface area contributed by atoms with Gasteiger partial charge in [0.25, 0.3) is 5.91 Å². The average molecular weight is 621 g/mol. The molecule has 6 rings (SSSR count). The van der Waals surface area contributed by atoms with Gasteiger partial charge in [0.15, 0.2) is 17.3 Å². The average Bonchev–Trinajstić information content (AvgIpc) is 3.43. The molecule has 2 aromatic carbocycles. The predicted molar refractivity (Wildman–Crippen MR) is 170 cm³/mol. The summed E-state index contributed by atoms with van der Waals surface area (Å²) >= 11 is 0. The third kappa shape index (κ3) is 6.48. The molecule has 0 radical (unpaired) electrons. The monoisotopic (exact) mass is 620 g/mol. The third-order valence-electron chi connectivity index (χ3n) is 8.51. The maximum Gasteiger partial charge on any atom is 0.407 e. The van der Waals surface area contributed by atoms with Crippen LogP contribution in [0.1, 0.15) is 44.0 Å². The fraction of sp³-hybridized carbons (Fsp3) is 0.485. The van der Waals surface area contributed by atoms with Crippen LogP contribution in [0.15, 0.2) is 41.3 Å². The van der Waals surface area contributed by atoms with Gasteiger partial charge in [-0.25, -0.2) is 9.18 Å². The van der Waals surface area contributed by atoms with Crippen LogP contribution in [0.25, 0.3) is 16.6 Å². The molecule has 2 fully saturated rings. The summed E-state index contributed by atoms with van der Waals surface area (Å²) in [5, 5.41) is 5.83. The highest BCUT2D eigenvalue weighted by atomic mass is 19.1. The highest BCUT2D eigenvalue weighted by molar-refractivity contribution is 6.01. The molecule has 2 amide bonds. The van der Waals surface area contributed by atoms with Crippen LogP contribution in [0, 0.1) is 5.82 Å². The van der Waals surface area contributed by atoms with Gasteiger partial charge in [-0.05, 0) is 65.4 Å². The van der Waals surface area contributed by atoms with Gasteiger partial charge in [-0.15, -0.1) is 0 Å². The molecular weight excluding hydrogens is 579 g/mol. The molecule has 2 N–H and O–H groups in total. The van der Waals surface area contributed by atoms with Gasteiger partial charge in [-0.1, -0.05) is 12.1 Å². The van der Waals surface area contributed by atoms with Crippen molar-refractivity contribution in [3.8, 4) is 17.2 Å². The molecule has 0 spiro atoms. The number of hydrogen-bond acceptors (Lipinski definition) is 8. The Morgan fingerprint density at radius 1 is 1.11 bits per heavy atom. The molecule has 1 aromatic heterocycles. The lowest BCUT2D eigenvalue weighted by Gasteiger charge is -2.32. The van der Waals surface area contributed by atoms with Crippen molar-refractivity contribution >= 4 is 28.6 Å². The molecule has 0 aliphatic carbocycles. The highest BCUT2D eigenvalue weighted by Crippen LogP contribution is 2.47. The fourth-order valence-corrected chi connectivity index (χ4v) is 6.24. The van der Waals surface area contributed by atoms with Crippen LogP contribution < -0.4 is 25.7 Å². The van der Waals surface area contributed by atoms with Gasteiger partial charge in [0.05, 0.1) is 17.1 Å². The van der Waals surface area contributed by atoms with Crippen LogP contribution in [0.2, 0.25) is 0 Å². The fourth-order valence-electron chi connectivity index (χ4n) is 6.24. The number of amides is 2. The van der Waals surface area contributed by atoms with Crippen molar-refractivity contribution in [2.75, 3.05) is 64.3 Å². The summed E-state index contributed by atoms with van der Waals surface area (Å²) in [4.78, 5) is 45.9. The van der Waals surface area contributed by atoms with Crippen molar-refractivity contribution in [3.63, 3.8) is 0 Å². The molecule has 3 aliphatic heterocycles. The first-order valence-electron chi connectivity index (χ1n) is 15.6.